The molecule has 1 aromatic rings. The fourth-order valence-electron chi connectivity index (χ4n) is 2.63. The quantitative estimate of drug-likeness (QED) is 0.885. The zero-order valence-corrected chi connectivity index (χ0v) is 11.3. The van der Waals surface area contributed by atoms with Crippen molar-refractivity contribution in [3.63, 3.8) is 0 Å². The minimum Gasteiger partial charge on any atom is -0.386 e. The average molecular weight is 270 g/mol. The van der Waals surface area contributed by atoms with Crippen LogP contribution in [0.2, 0.25) is 0 Å². The van der Waals surface area contributed by atoms with Gasteiger partial charge in [-0.1, -0.05) is 6.07 Å². The van der Waals surface area contributed by atoms with Gasteiger partial charge in [0.25, 0.3) is 0 Å². The van der Waals surface area contributed by atoms with Crippen molar-refractivity contribution in [2.45, 2.75) is 18.6 Å². The molecule has 1 aliphatic heterocycles. The number of hydrogen-bond acceptors (Lipinski definition) is 3. The summed E-state index contributed by atoms with van der Waals surface area (Å²) in [5.41, 5.74) is -0.227. The lowest BCUT2D eigenvalue weighted by molar-refractivity contribution is 0.0521. The van der Waals surface area contributed by atoms with Crippen molar-refractivity contribution in [2.24, 2.45) is 0 Å². The van der Waals surface area contributed by atoms with Crippen molar-refractivity contribution >= 4 is 0 Å². The van der Waals surface area contributed by atoms with Gasteiger partial charge in [-0.25, -0.2) is 8.78 Å². The molecule has 1 fully saturated rings. The summed E-state index contributed by atoms with van der Waals surface area (Å²) < 4.78 is 27.5. The predicted octanol–water partition coefficient (Wildman–Crippen LogP) is 1.63. The molecule has 2 atom stereocenters. The average Bonchev–Trinajstić information content (AvgIpc) is 2.51. The van der Waals surface area contributed by atoms with Gasteiger partial charge in [-0.05, 0) is 45.7 Å². The van der Waals surface area contributed by atoms with E-state index in [0.29, 0.717) is 6.54 Å². The van der Waals surface area contributed by atoms with Crippen LogP contribution in [0.5, 0.6) is 0 Å². The van der Waals surface area contributed by atoms with Crippen molar-refractivity contribution in [3.8, 4) is 0 Å². The smallest absolute Gasteiger partial charge is 0.132 e. The third kappa shape index (κ3) is 3.11. The van der Waals surface area contributed by atoms with Crippen LogP contribution in [0.4, 0.5) is 8.78 Å². The van der Waals surface area contributed by atoms with E-state index in [9.17, 15) is 13.9 Å². The first-order valence-electron chi connectivity index (χ1n) is 6.51. The number of likely N-dealkylation sites (N-methyl/N-ethyl adjacent to an activating group) is 2. The number of aliphatic hydroxyl groups excluding tert-OH is 1. The number of benzene rings is 1. The van der Waals surface area contributed by atoms with Crippen LogP contribution in [-0.4, -0.2) is 54.7 Å². The molecular formula is C14H20F2N2O. The van der Waals surface area contributed by atoms with E-state index in [1.807, 2.05) is 19.0 Å². The Balaban J connectivity index is 2.28. The molecule has 1 aliphatic rings. The highest BCUT2D eigenvalue weighted by atomic mass is 19.1. The SMILES string of the molecule is CN1CCCN(C)C(C(O)c2c(F)cccc2F)C1. The largest absolute Gasteiger partial charge is 0.386 e. The molecule has 106 valence electrons. The van der Waals surface area contributed by atoms with E-state index in [4.69, 9.17) is 0 Å². The van der Waals surface area contributed by atoms with E-state index >= 15 is 0 Å². The number of nitrogens with zero attached hydrogens (tertiary/aromatic N) is 2. The molecule has 1 aromatic carbocycles. The van der Waals surface area contributed by atoms with Gasteiger partial charge < -0.3 is 10.0 Å². The molecule has 0 aromatic heterocycles. The molecule has 1 N–H and O–H groups in total. The Labute approximate surface area is 112 Å². The van der Waals surface area contributed by atoms with Gasteiger partial charge in [-0.2, -0.15) is 0 Å². The van der Waals surface area contributed by atoms with Crippen LogP contribution in [0.1, 0.15) is 18.1 Å². The summed E-state index contributed by atoms with van der Waals surface area (Å²) in [5, 5.41) is 10.4. The van der Waals surface area contributed by atoms with E-state index in [0.717, 1.165) is 19.5 Å². The summed E-state index contributed by atoms with van der Waals surface area (Å²) in [6.07, 6.45) is -0.178. The first-order chi connectivity index (χ1) is 9.00. The van der Waals surface area contributed by atoms with Gasteiger partial charge in [-0.15, -0.1) is 0 Å². The van der Waals surface area contributed by atoms with E-state index in [-0.39, 0.29) is 11.6 Å². The first-order valence-corrected chi connectivity index (χ1v) is 6.51. The van der Waals surface area contributed by atoms with E-state index in [1.54, 1.807) is 0 Å². The van der Waals surface area contributed by atoms with Crippen LogP contribution in [0.3, 0.4) is 0 Å². The predicted molar refractivity (Wildman–Crippen MR) is 69.8 cm³/mol. The molecule has 0 radical (unpaired) electrons. The Morgan fingerprint density at radius 1 is 1.21 bits per heavy atom. The normalized spacial score (nSPS) is 24.2. The summed E-state index contributed by atoms with van der Waals surface area (Å²) in [4.78, 5) is 4.05. The molecule has 3 nitrogen and oxygen atoms in total. The minimum atomic E-state index is -1.16. The molecule has 0 amide bonds. The van der Waals surface area contributed by atoms with Crippen molar-refractivity contribution < 1.29 is 13.9 Å². The molecular weight excluding hydrogens is 250 g/mol. The van der Waals surface area contributed by atoms with E-state index in [2.05, 4.69) is 4.90 Å². The maximum absolute atomic E-state index is 13.7. The molecule has 0 spiro atoms. The third-order valence-corrected chi connectivity index (χ3v) is 3.78. The van der Waals surface area contributed by atoms with Crippen molar-refractivity contribution in [3.05, 3.63) is 35.4 Å². The number of rotatable bonds is 2. The zero-order chi connectivity index (χ0) is 14.0. The molecule has 0 saturated carbocycles. The lowest BCUT2D eigenvalue weighted by atomic mass is 10.00. The monoisotopic (exact) mass is 270 g/mol. The van der Waals surface area contributed by atoms with Crippen LogP contribution in [0, 0.1) is 11.6 Å². The molecule has 0 aliphatic carbocycles. The van der Waals surface area contributed by atoms with Gasteiger partial charge in [0.1, 0.15) is 17.7 Å². The van der Waals surface area contributed by atoms with E-state index < -0.39 is 17.7 Å². The lowest BCUT2D eigenvalue weighted by Gasteiger charge is -2.32. The molecule has 2 rings (SSSR count). The minimum absolute atomic E-state index is 0.227. The summed E-state index contributed by atoms with van der Waals surface area (Å²) in [5.74, 6) is -1.37. The Hall–Kier alpha value is -1.04. The van der Waals surface area contributed by atoms with Gasteiger partial charge in [0, 0.05) is 6.54 Å². The van der Waals surface area contributed by atoms with Crippen LogP contribution in [0.25, 0.3) is 0 Å². The number of halogens is 2. The Kier molecular flexibility index (Phi) is 4.50. The highest BCUT2D eigenvalue weighted by molar-refractivity contribution is 5.23. The van der Waals surface area contributed by atoms with Gasteiger partial charge in [0.2, 0.25) is 0 Å². The highest BCUT2D eigenvalue weighted by Gasteiger charge is 2.31. The second-order valence-electron chi connectivity index (χ2n) is 5.24. The number of aliphatic hydroxyl groups is 1. The first kappa shape index (κ1) is 14.4. The second kappa shape index (κ2) is 5.94. The standard InChI is InChI=1S/C14H20F2N2O/c1-17-7-4-8-18(2)12(9-17)14(19)13-10(15)5-3-6-11(13)16/h3,5-6,12,14,19H,4,7-9H2,1-2H3. The third-order valence-electron chi connectivity index (χ3n) is 3.78. The fourth-order valence-corrected chi connectivity index (χ4v) is 2.63. The maximum atomic E-state index is 13.7. The molecule has 2 unspecified atom stereocenters. The second-order valence-corrected chi connectivity index (χ2v) is 5.24. The molecule has 1 saturated heterocycles. The summed E-state index contributed by atoms with van der Waals surface area (Å²) in [6, 6.07) is 3.37. The Morgan fingerprint density at radius 3 is 2.47 bits per heavy atom. The van der Waals surface area contributed by atoms with Gasteiger partial charge >= 0.3 is 0 Å². The maximum Gasteiger partial charge on any atom is 0.132 e. The van der Waals surface area contributed by atoms with Crippen molar-refractivity contribution in [2.75, 3.05) is 33.7 Å². The van der Waals surface area contributed by atoms with Crippen molar-refractivity contribution in [1.82, 2.24) is 9.80 Å². The number of hydrogen-bond donors (Lipinski definition) is 1. The zero-order valence-electron chi connectivity index (χ0n) is 11.3. The van der Waals surface area contributed by atoms with Crippen LogP contribution >= 0.6 is 0 Å². The van der Waals surface area contributed by atoms with Gasteiger partial charge in [0.05, 0.1) is 11.6 Å². The lowest BCUT2D eigenvalue weighted by Crippen LogP contribution is -2.42. The summed E-state index contributed by atoms with van der Waals surface area (Å²) >= 11 is 0. The summed E-state index contributed by atoms with van der Waals surface area (Å²) in [7, 11) is 3.84. The highest BCUT2D eigenvalue weighted by Crippen LogP contribution is 2.27. The molecule has 19 heavy (non-hydrogen) atoms. The van der Waals surface area contributed by atoms with Crippen LogP contribution in [-0.2, 0) is 0 Å². The Morgan fingerprint density at radius 2 is 1.84 bits per heavy atom. The van der Waals surface area contributed by atoms with Crippen molar-refractivity contribution in [1.29, 1.82) is 0 Å². The fraction of sp³-hybridized carbons (Fsp3) is 0.571. The van der Waals surface area contributed by atoms with Crippen LogP contribution in [0.15, 0.2) is 18.2 Å². The topological polar surface area (TPSA) is 26.7 Å². The van der Waals surface area contributed by atoms with Crippen LogP contribution < -0.4 is 0 Å². The van der Waals surface area contributed by atoms with E-state index in [1.165, 1.54) is 18.2 Å². The molecule has 5 heteroatoms. The molecule has 0 bridgehead atoms. The van der Waals surface area contributed by atoms with Gasteiger partial charge in [-0.3, -0.25) is 4.90 Å². The molecule has 1 heterocycles. The Bertz CT molecular complexity index is 421. The summed E-state index contributed by atoms with van der Waals surface area (Å²) in [6.45, 7) is 2.32. The van der Waals surface area contributed by atoms with Gasteiger partial charge in [0.15, 0.2) is 0 Å².